The second-order valence-corrected chi connectivity index (χ2v) is 6.49. The fourth-order valence-electron chi connectivity index (χ4n) is 3.37. The van der Waals surface area contributed by atoms with Crippen molar-refractivity contribution in [3.05, 3.63) is 59.5 Å². The van der Waals surface area contributed by atoms with Crippen LogP contribution in [0.4, 0.5) is 5.69 Å². The smallest absolute Gasteiger partial charge is 0.155 e. The SMILES string of the molecule is Cc1nc(-n2cccn2)cc(N2CCCC2)c1-c1ccccc1Cl. The summed E-state index contributed by atoms with van der Waals surface area (Å²) in [4.78, 5) is 7.21. The van der Waals surface area contributed by atoms with Crippen molar-refractivity contribution in [2.24, 2.45) is 0 Å². The van der Waals surface area contributed by atoms with Crippen LogP contribution >= 0.6 is 11.6 Å². The molecule has 3 aromatic rings. The molecule has 0 aliphatic carbocycles. The number of hydrogen-bond donors (Lipinski definition) is 0. The third kappa shape index (κ3) is 2.67. The van der Waals surface area contributed by atoms with Gasteiger partial charge in [0.05, 0.1) is 5.69 Å². The van der Waals surface area contributed by atoms with Crippen molar-refractivity contribution >= 4 is 17.3 Å². The average Bonchev–Trinajstić information content (AvgIpc) is 3.29. The molecule has 3 heterocycles. The van der Waals surface area contributed by atoms with E-state index < -0.39 is 0 Å². The number of halogens is 1. The fraction of sp³-hybridized carbons (Fsp3) is 0.263. The van der Waals surface area contributed by atoms with Crippen molar-refractivity contribution in [3.63, 3.8) is 0 Å². The number of benzene rings is 1. The molecule has 1 aromatic carbocycles. The van der Waals surface area contributed by atoms with Gasteiger partial charge in [0.1, 0.15) is 0 Å². The van der Waals surface area contributed by atoms with E-state index >= 15 is 0 Å². The Morgan fingerprint density at radius 3 is 2.58 bits per heavy atom. The second kappa shape index (κ2) is 6.29. The predicted molar refractivity (Wildman–Crippen MR) is 98.0 cm³/mol. The molecular formula is C19H19ClN4. The third-order valence-corrected chi connectivity index (χ3v) is 4.82. The maximum absolute atomic E-state index is 6.48. The summed E-state index contributed by atoms with van der Waals surface area (Å²) in [5.74, 6) is 0.843. The average molecular weight is 339 g/mol. The number of pyridine rings is 1. The minimum Gasteiger partial charge on any atom is -0.371 e. The molecule has 2 aromatic heterocycles. The van der Waals surface area contributed by atoms with Gasteiger partial charge in [-0.1, -0.05) is 29.8 Å². The summed E-state index contributed by atoms with van der Waals surface area (Å²) in [6.07, 6.45) is 6.14. The molecule has 0 atom stereocenters. The lowest BCUT2D eigenvalue weighted by molar-refractivity contribution is 0.837. The number of aromatic nitrogens is 3. The molecule has 1 aliphatic heterocycles. The van der Waals surface area contributed by atoms with E-state index in [1.54, 1.807) is 6.20 Å². The first kappa shape index (κ1) is 15.2. The highest BCUT2D eigenvalue weighted by Gasteiger charge is 2.21. The Labute approximate surface area is 146 Å². The fourth-order valence-corrected chi connectivity index (χ4v) is 3.60. The highest BCUT2D eigenvalue weighted by Crippen LogP contribution is 2.39. The Hall–Kier alpha value is -2.33. The van der Waals surface area contributed by atoms with E-state index in [9.17, 15) is 0 Å². The summed E-state index contributed by atoms with van der Waals surface area (Å²) in [7, 11) is 0. The summed E-state index contributed by atoms with van der Waals surface area (Å²) < 4.78 is 1.81. The van der Waals surface area contributed by atoms with Crippen LogP contribution in [0.15, 0.2) is 48.8 Å². The third-order valence-electron chi connectivity index (χ3n) is 4.50. The van der Waals surface area contributed by atoms with Gasteiger partial charge in [-0.3, -0.25) is 0 Å². The standard InChI is InChI=1S/C19H19ClN4/c1-14-19(15-7-2-3-8-16(15)20)17(23-10-4-5-11-23)13-18(22-14)24-12-6-9-21-24/h2-3,6-9,12-13H,4-5,10-11H2,1H3. The molecule has 122 valence electrons. The van der Waals surface area contributed by atoms with Crippen molar-refractivity contribution in [2.75, 3.05) is 18.0 Å². The Kier molecular flexibility index (Phi) is 3.98. The summed E-state index contributed by atoms with van der Waals surface area (Å²) in [5.41, 5.74) is 4.33. The van der Waals surface area contributed by atoms with Gasteiger partial charge >= 0.3 is 0 Å². The van der Waals surface area contributed by atoms with Crippen LogP contribution in [0.2, 0.25) is 5.02 Å². The van der Waals surface area contributed by atoms with Crippen LogP contribution < -0.4 is 4.90 Å². The summed E-state index contributed by atoms with van der Waals surface area (Å²) in [6, 6.07) is 12.0. The number of hydrogen-bond acceptors (Lipinski definition) is 3. The van der Waals surface area contributed by atoms with Gasteiger partial charge in [0.2, 0.25) is 0 Å². The van der Waals surface area contributed by atoms with E-state index in [4.69, 9.17) is 16.6 Å². The molecule has 1 aliphatic rings. The van der Waals surface area contributed by atoms with Crippen LogP contribution in [0.25, 0.3) is 16.9 Å². The van der Waals surface area contributed by atoms with Crippen molar-refractivity contribution in [1.82, 2.24) is 14.8 Å². The van der Waals surface area contributed by atoms with Gasteiger partial charge in [0.25, 0.3) is 0 Å². The normalized spacial score (nSPS) is 14.3. The van der Waals surface area contributed by atoms with Gasteiger partial charge in [-0.15, -0.1) is 0 Å². The minimum absolute atomic E-state index is 0.759. The van der Waals surface area contributed by atoms with Crippen LogP contribution in [0, 0.1) is 6.92 Å². The van der Waals surface area contributed by atoms with Crippen molar-refractivity contribution in [1.29, 1.82) is 0 Å². The highest BCUT2D eigenvalue weighted by atomic mass is 35.5. The molecule has 0 spiro atoms. The molecule has 4 rings (SSSR count). The van der Waals surface area contributed by atoms with Crippen molar-refractivity contribution in [3.8, 4) is 16.9 Å². The number of nitrogens with zero attached hydrogens (tertiary/aromatic N) is 4. The molecule has 0 radical (unpaired) electrons. The van der Waals surface area contributed by atoms with E-state index in [1.165, 1.54) is 18.5 Å². The van der Waals surface area contributed by atoms with Crippen LogP contribution in [-0.2, 0) is 0 Å². The maximum atomic E-state index is 6.48. The molecule has 1 saturated heterocycles. The lowest BCUT2D eigenvalue weighted by Crippen LogP contribution is -2.20. The highest BCUT2D eigenvalue weighted by molar-refractivity contribution is 6.33. The predicted octanol–water partition coefficient (Wildman–Crippen LogP) is 4.50. The Balaban J connectivity index is 1.93. The Morgan fingerprint density at radius 2 is 1.88 bits per heavy atom. The largest absolute Gasteiger partial charge is 0.371 e. The first-order valence-electron chi connectivity index (χ1n) is 8.25. The molecule has 0 N–H and O–H groups in total. The molecule has 0 bridgehead atoms. The van der Waals surface area contributed by atoms with E-state index in [1.807, 2.05) is 42.1 Å². The zero-order chi connectivity index (χ0) is 16.5. The molecule has 0 unspecified atom stereocenters. The van der Waals surface area contributed by atoms with Gasteiger partial charge in [-0.2, -0.15) is 5.10 Å². The van der Waals surface area contributed by atoms with Crippen molar-refractivity contribution < 1.29 is 0 Å². The quantitative estimate of drug-likeness (QED) is 0.705. The molecule has 0 amide bonds. The molecule has 4 nitrogen and oxygen atoms in total. The summed E-state index contributed by atoms with van der Waals surface area (Å²) >= 11 is 6.48. The number of anilines is 1. The van der Waals surface area contributed by atoms with Gasteiger partial charge in [0.15, 0.2) is 5.82 Å². The molecule has 1 fully saturated rings. The zero-order valence-corrected chi connectivity index (χ0v) is 14.4. The topological polar surface area (TPSA) is 34.0 Å². The van der Waals surface area contributed by atoms with Crippen LogP contribution in [0.5, 0.6) is 0 Å². The van der Waals surface area contributed by atoms with E-state index in [0.29, 0.717) is 0 Å². The van der Waals surface area contributed by atoms with Gasteiger partial charge < -0.3 is 4.90 Å². The lowest BCUT2D eigenvalue weighted by atomic mass is 10.0. The van der Waals surface area contributed by atoms with Crippen LogP contribution in [-0.4, -0.2) is 27.9 Å². The first-order chi connectivity index (χ1) is 11.7. The lowest BCUT2D eigenvalue weighted by Gasteiger charge is -2.24. The van der Waals surface area contributed by atoms with Crippen LogP contribution in [0.3, 0.4) is 0 Å². The summed E-state index contributed by atoms with van der Waals surface area (Å²) in [5, 5.41) is 5.08. The zero-order valence-electron chi connectivity index (χ0n) is 13.6. The van der Waals surface area contributed by atoms with E-state index in [-0.39, 0.29) is 0 Å². The molecule has 0 saturated carbocycles. The minimum atomic E-state index is 0.759. The monoisotopic (exact) mass is 338 g/mol. The number of aryl methyl sites for hydroxylation is 1. The second-order valence-electron chi connectivity index (χ2n) is 6.08. The molecule has 24 heavy (non-hydrogen) atoms. The van der Waals surface area contributed by atoms with Gasteiger partial charge in [-0.25, -0.2) is 9.67 Å². The van der Waals surface area contributed by atoms with Crippen LogP contribution in [0.1, 0.15) is 18.5 Å². The maximum Gasteiger partial charge on any atom is 0.155 e. The molecule has 5 heteroatoms. The Morgan fingerprint density at radius 1 is 1.08 bits per heavy atom. The van der Waals surface area contributed by atoms with E-state index in [2.05, 4.69) is 22.1 Å². The van der Waals surface area contributed by atoms with E-state index in [0.717, 1.165) is 40.8 Å². The number of rotatable bonds is 3. The Bertz CT molecular complexity index is 852. The van der Waals surface area contributed by atoms with Crippen molar-refractivity contribution in [2.45, 2.75) is 19.8 Å². The van der Waals surface area contributed by atoms with Gasteiger partial charge in [0, 0.05) is 53.4 Å². The van der Waals surface area contributed by atoms with Gasteiger partial charge in [-0.05, 0) is 31.9 Å². The molecular weight excluding hydrogens is 320 g/mol. The first-order valence-corrected chi connectivity index (χ1v) is 8.63. The summed E-state index contributed by atoms with van der Waals surface area (Å²) in [6.45, 7) is 4.18.